The van der Waals surface area contributed by atoms with Crippen LogP contribution >= 0.6 is 0 Å². The molecule has 0 fully saturated rings. The zero-order valence-electron chi connectivity index (χ0n) is 12.4. The summed E-state index contributed by atoms with van der Waals surface area (Å²) in [5.41, 5.74) is 2.14. The van der Waals surface area contributed by atoms with Crippen molar-refractivity contribution < 1.29 is 9.32 Å². The Morgan fingerprint density at radius 2 is 2.19 bits per heavy atom. The van der Waals surface area contributed by atoms with Crippen LogP contribution < -0.4 is 10.6 Å². The number of pyridine rings is 1. The predicted octanol–water partition coefficient (Wildman–Crippen LogP) is 1.83. The summed E-state index contributed by atoms with van der Waals surface area (Å²) >= 11 is 0. The van der Waals surface area contributed by atoms with Crippen molar-refractivity contribution in [3.63, 3.8) is 0 Å². The van der Waals surface area contributed by atoms with Gasteiger partial charge in [-0.25, -0.2) is 0 Å². The van der Waals surface area contributed by atoms with Crippen LogP contribution in [0.3, 0.4) is 0 Å². The van der Waals surface area contributed by atoms with Gasteiger partial charge in [0.25, 0.3) is 5.91 Å². The Labute approximate surface area is 123 Å². The first kappa shape index (κ1) is 15.0. The fourth-order valence-electron chi connectivity index (χ4n) is 1.81. The Morgan fingerprint density at radius 1 is 1.38 bits per heavy atom. The third-order valence-corrected chi connectivity index (χ3v) is 2.82. The van der Waals surface area contributed by atoms with E-state index in [-0.39, 0.29) is 12.5 Å². The summed E-state index contributed by atoms with van der Waals surface area (Å²) < 4.78 is 4.96. The summed E-state index contributed by atoms with van der Waals surface area (Å²) in [5, 5.41) is 9.66. The molecule has 0 spiro atoms. The zero-order chi connectivity index (χ0) is 15.2. The number of carbonyl (C=O) groups excluding carboxylic acids is 1. The zero-order valence-corrected chi connectivity index (χ0v) is 12.4. The molecule has 1 amide bonds. The highest BCUT2D eigenvalue weighted by Gasteiger charge is 2.13. The first-order valence-electron chi connectivity index (χ1n) is 6.88. The lowest BCUT2D eigenvalue weighted by Crippen LogP contribution is -2.24. The minimum atomic E-state index is -0.225. The topological polar surface area (TPSA) is 92.9 Å². The van der Waals surface area contributed by atoms with Gasteiger partial charge < -0.3 is 15.2 Å². The first-order chi connectivity index (χ1) is 10.1. The number of nitrogens with zero attached hydrogens (tertiary/aromatic N) is 3. The van der Waals surface area contributed by atoms with Crippen molar-refractivity contribution in [2.45, 2.75) is 33.7 Å². The quantitative estimate of drug-likeness (QED) is 0.842. The summed E-state index contributed by atoms with van der Waals surface area (Å²) in [6.45, 7) is 6.68. The minimum absolute atomic E-state index is 0.195. The van der Waals surface area contributed by atoms with Crippen LogP contribution in [0, 0.1) is 13.8 Å². The van der Waals surface area contributed by atoms with E-state index in [0.717, 1.165) is 24.3 Å². The van der Waals surface area contributed by atoms with Crippen LogP contribution in [0.4, 0.5) is 5.69 Å². The molecule has 21 heavy (non-hydrogen) atoms. The SMILES string of the molecule is CCCNc1cc(C)ncc1C(=O)NCc1nc(C)no1. The first-order valence-corrected chi connectivity index (χ1v) is 6.88. The lowest BCUT2D eigenvalue weighted by atomic mass is 10.2. The second-order valence-corrected chi connectivity index (χ2v) is 4.72. The maximum Gasteiger partial charge on any atom is 0.255 e. The fourth-order valence-corrected chi connectivity index (χ4v) is 1.81. The minimum Gasteiger partial charge on any atom is -0.384 e. The Hall–Kier alpha value is -2.44. The third-order valence-electron chi connectivity index (χ3n) is 2.82. The Bertz CT molecular complexity index is 624. The molecule has 2 aromatic heterocycles. The molecule has 0 saturated carbocycles. The average Bonchev–Trinajstić information content (AvgIpc) is 2.88. The number of rotatable bonds is 6. The number of carbonyl (C=O) groups is 1. The molecular weight excluding hydrogens is 270 g/mol. The van der Waals surface area contributed by atoms with Crippen molar-refractivity contribution in [3.8, 4) is 0 Å². The van der Waals surface area contributed by atoms with Crippen molar-refractivity contribution in [2.75, 3.05) is 11.9 Å². The van der Waals surface area contributed by atoms with Crippen molar-refractivity contribution >= 4 is 11.6 Å². The molecule has 0 unspecified atom stereocenters. The van der Waals surface area contributed by atoms with E-state index < -0.39 is 0 Å². The van der Waals surface area contributed by atoms with Crippen LogP contribution in [0.25, 0.3) is 0 Å². The monoisotopic (exact) mass is 289 g/mol. The van der Waals surface area contributed by atoms with Crippen LogP contribution in [0.2, 0.25) is 0 Å². The predicted molar refractivity (Wildman–Crippen MR) is 78.0 cm³/mol. The Kier molecular flexibility index (Phi) is 4.86. The van der Waals surface area contributed by atoms with Gasteiger partial charge in [-0.2, -0.15) is 4.98 Å². The molecule has 0 aliphatic rings. The summed E-state index contributed by atoms with van der Waals surface area (Å²) in [7, 11) is 0. The lowest BCUT2D eigenvalue weighted by Gasteiger charge is -2.11. The average molecular weight is 289 g/mol. The number of hydrogen-bond acceptors (Lipinski definition) is 6. The molecule has 0 saturated heterocycles. The van der Waals surface area contributed by atoms with E-state index >= 15 is 0 Å². The van der Waals surface area contributed by atoms with Crippen molar-refractivity contribution in [1.82, 2.24) is 20.4 Å². The highest BCUT2D eigenvalue weighted by atomic mass is 16.5. The summed E-state index contributed by atoms with van der Waals surface area (Å²) in [5.74, 6) is 0.697. The van der Waals surface area contributed by atoms with Crippen LogP contribution in [0.5, 0.6) is 0 Å². The van der Waals surface area contributed by atoms with Crippen molar-refractivity contribution in [2.24, 2.45) is 0 Å². The van der Waals surface area contributed by atoms with Gasteiger partial charge in [-0.15, -0.1) is 0 Å². The smallest absolute Gasteiger partial charge is 0.255 e. The molecule has 0 aliphatic carbocycles. The molecule has 0 aliphatic heterocycles. The van der Waals surface area contributed by atoms with Gasteiger partial charge in [-0.3, -0.25) is 9.78 Å². The molecule has 7 nitrogen and oxygen atoms in total. The maximum atomic E-state index is 12.2. The van der Waals surface area contributed by atoms with Gasteiger partial charge >= 0.3 is 0 Å². The number of nitrogens with one attached hydrogen (secondary N) is 2. The molecule has 112 valence electrons. The van der Waals surface area contributed by atoms with Gasteiger partial charge in [0.15, 0.2) is 5.82 Å². The Balaban J connectivity index is 2.07. The van der Waals surface area contributed by atoms with Gasteiger partial charge in [0.2, 0.25) is 5.89 Å². The van der Waals surface area contributed by atoms with E-state index in [1.54, 1.807) is 13.1 Å². The number of aromatic nitrogens is 3. The van der Waals surface area contributed by atoms with E-state index in [2.05, 4.69) is 32.7 Å². The van der Waals surface area contributed by atoms with Crippen LogP contribution in [-0.4, -0.2) is 27.6 Å². The van der Waals surface area contributed by atoms with E-state index in [4.69, 9.17) is 4.52 Å². The number of aryl methyl sites for hydroxylation is 2. The van der Waals surface area contributed by atoms with Crippen molar-refractivity contribution in [3.05, 3.63) is 35.2 Å². The number of amides is 1. The Morgan fingerprint density at radius 3 is 2.86 bits per heavy atom. The fraction of sp³-hybridized carbons (Fsp3) is 0.429. The largest absolute Gasteiger partial charge is 0.384 e. The van der Waals surface area contributed by atoms with Gasteiger partial charge in [0.1, 0.15) is 0 Å². The van der Waals surface area contributed by atoms with Crippen LogP contribution in [-0.2, 0) is 6.54 Å². The van der Waals surface area contributed by atoms with E-state index in [1.165, 1.54) is 0 Å². The van der Waals surface area contributed by atoms with E-state index in [0.29, 0.717) is 17.3 Å². The molecule has 0 atom stereocenters. The molecule has 0 radical (unpaired) electrons. The second-order valence-electron chi connectivity index (χ2n) is 4.72. The van der Waals surface area contributed by atoms with Crippen LogP contribution in [0.1, 0.15) is 41.1 Å². The highest BCUT2D eigenvalue weighted by Crippen LogP contribution is 2.16. The molecule has 2 N–H and O–H groups in total. The number of hydrogen-bond donors (Lipinski definition) is 2. The molecular formula is C14H19N5O2. The highest BCUT2D eigenvalue weighted by molar-refractivity contribution is 5.99. The molecule has 7 heteroatoms. The van der Waals surface area contributed by atoms with E-state index in [9.17, 15) is 4.79 Å². The molecule has 2 rings (SSSR count). The second kappa shape index (κ2) is 6.83. The van der Waals surface area contributed by atoms with Gasteiger partial charge in [-0.05, 0) is 26.3 Å². The lowest BCUT2D eigenvalue weighted by molar-refractivity contribution is 0.0946. The molecule has 2 aromatic rings. The van der Waals surface area contributed by atoms with Crippen molar-refractivity contribution in [1.29, 1.82) is 0 Å². The number of anilines is 1. The normalized spacial score (nSPS) is 10.4. The van der Waals surface area contributed by atoms with Gasteiger partial charge in [0.05, 0.1) is 17.8 Å². The third kappa shape index (κ3) is 4.01. The summed E-state index contributed by atoms with van der Waals surface area (Å²) in [6.07, 6.45) is 2.55. The van der Waals surface area contributed by atoms with Gasteiger partial charge in [0, 0.05) is 18.4 Å². The molecule has 0 aromatic carbocycles. The molecule has 0 bridgehead atoms. The van der Waals surface area contributed by atoms with Crippen LogP contribution in [0.15, 0.2) is 16.8 Å². The van der Waals surface area contributed by atoms with Gasteiger partial charge in [-0.1, -0.05) is 12.1 Å². The van der Waals surface area contributed by atoms with E-state index in [1.807, 2.05) is 13.0 Å². The summed E-state index contributed by atoms with van der Waals surface area (Å²) in [4.78, 5) is 20.5. The summed E-state index contributed by atoms with van der Waals surface area (Å²) in [6, 6.07) is 1.86. The maximum absolute atomic E-state index is 12.2. The standard InChI is InChI=1S/C14H19N5O2/c1-4-5-15-12-6-9(2)16-7-11(12)14(20)17-8-13-18-10(3)19-21-13/h6-7H,4-5,8H2,1-3H3,(H,15,16)(H,17,20). The molecule has 2 heterocycles.